The summed E-state index contributed by atoms with van der Waals surface area (Å²) in [7, 11) is 3.31. The number of nitrogens with one attached hydrogen (secondary N) is 2. The number of carbonyl (C=O) groups is 2. The van der Waals surface area contributed by atoms with Crippen molar-refractivity contribution in [3.63, 3.8) is 0 Å². The van der Waals surface area contributed by atoms with E-state index < -0.39 is 0 Å². The first-order chi connectivity index (χ1) is 9.54. The fourth-order valence-electron chi connectivity index (χ4n) is 2.30. The number of aromatic amines is 1. The lowest BCUT2D eigenvalue weighted by Crippen LogP contribution is -2.37. The van der Waals surface area contributed by atoms with Crippen LogP contribution in [0.1, 0.15) is 17.3 Å². The van der Waals surface area contributed by atoms with E-state index in [1.54, 1.807) is 32.0 Å². The van der Waals surface area contributed by atoms with Gasteiger partial charge >= 0.3 is 0 Å². The Morgan fingerprint density at radius 1 is 1.35 bits per heavy atom. The van der Waals surface area contributed by atoms with Gasteiger partial charge in [-0.2, -0.15) is 0 Å². The van der Waals surface area contributed by atoms with Gasteiger partial charge in [0.25, 0.3) is 5.91 Å². The van der Waals surface area contributed by atoms with E-state index in [0.29, 0.717) is 12.1 Å². The van der Waals surface area contributed by atoms with Gasteiger partial charge in [-0.1, -0.05) is 13.0 Å². The lowest BCUT2D eigenvalue weighted by molar-refractivity contribution is -0.124. The number of benzene rings is 1. The number of carbonyl (C=O) groups excluding carboxylic acids is 2. The van der Waals surface area contributed by atoms with Crippen molar-refractivity contribution in [3.05, 3.63) is 36.0 Å². The van der Waals surface area contributed by atoms with Crippen LogP contribution in [0, 0.1) is 5.92 Å². The van der Waals surface area contributed by atoms with Crippen molar-refractivity contribution in [2.45, 2.75) is 6.92 Å². The fraction of sp³-hybridized carbons (Fsp3) is 0.333. The largest absolute Gasteiger partial charge is 0.361 e. The summed E-state index contributed by atoms with van der Waals surface area (Å²) in [6, 6.07) is 7.47. The van der Waals surface area contributed by atoms with E-state index >= 15 is 0 Å². The molecule has 20 heavy (non-hydrogen) atoms. The molecule has 5 heteroatoms. The molecular formula is C15H19N3O2. The number of rotatable bonds is 4. The number of amides is 2. The number of fused-ring (bicyclic) bond motifs is 1. The summed E-state index contributed by atoms with van der Waals surface area (Å²) in [4.78, 5) is 28.7. The Hall–Kier alpha value is -2.30. The van der Waals surface area contributed by atoms with Crippen LogP contribution in [0.3, 0.4) is 0 Å². The van der Waals surface area contributed by atoms with Crippen molar-refractivity contribution in [1.29, 1.82) is 0 Å². The molecule has 0 fully saturated rings. The minimum Gasteiger partial charge on any atom is -0.361 e. The van der Waals surface area contributed by atoms with Crippen molar-refractivity contribution >= 4 is 22.7 Å². The maximum atomic E-state index is 12.5. The molecule has 2 aromatic rings. The van der Waals surface area contributed by atoms with Gasteiger partial charge in [-0.15, -0.1) is 0 Å². The summed E-state index contributed by atoms with van der Waals surface area (Å²) in [6.45, 7) is 2.19. The van der Waals surface area contributed by atoms with Gasteiger partial charge in [0.15, 0.2) is 0 Å². The van der Waals surface area contributed by atoms with E-state index in [2.05, 4.69) is 10.3 Å². The Morgan fingerprint density at radius 3 is 2.80 bits per heavy atom. The SMILES string of the molecule is CNC(=O)C(C)CN(C)C(=O)c1cccc2[nH]ccc12. The van der Waals surface area contributed by atoms with Crippen LogP contribution in [0.4, 0.5) is 0 Å². The Bertz CT molecular complexity index is 633. The molecular weight excluding hydrogens is 254 g/mol. The van der Waals surface area contributed by atoms with E-state index in [0.717, 1.165) is 10.9 Å². The number of hydrogen-bond donors (Lipinski definition) is 2. The molecule has 2 amide bonds. The second kappa shape index (κ2) is 5.77. The number of hydrogen-bond acceptors (Lipinski definition) is 2. The molecule has 2 rings (SSSR count). The Morgan fingerprint density at radius 2 is 2.10 bits per heavy atom. The summed E-state index contributed by atoms with van der Waals surface area (Å²) in [5.74, 6) is -0.380. The van der Waals surface area contributed by atoms with E-state index in [4.69, 9.17) is 0 Å². The summed E-state index contributed by atoms with van der Waals surface area (Å²) in [5, 5.41) is 3.49. The Balaban J connectivity index is 2.18. The molecule has 0 saturated heterocycles. The van der Waals surface area contributed by atoms with Crippen LogP contribution in [0.15, 0.2) is 30.5 Å². The predicted molar refractivity (Wildman–Crippen MR) is 78.5 cm³/mol. The van der Waals surface area contributed by atoms with Crippen LogP contribution in [0.25, 0.3) is 10.9 Å². The first-order valence-corrected chi connectivity index (χ1v) is 6.57. The summed E-state index contributed by atoms with van der Waals surface area (Å²) >= 11 is 0. The van der Waals surface area contributed by atoms with Gasteiger partial charge in [-0.25, -0.2) is 0 Å². The number of H-pyrrole nitrogens is 1. The highest BCUT2D eigenvalue weighted by atomic mass is 16.2. The zero-order valence-electron chi connectivity index (χ0n) is 11.9. The van der Waals surface area contributed by atoms with Crippen molar-refractivity contribution < 1.29 is 9.59 Å². The molecule has 0 radical (unpaired) electrons. The van der Waals surface area contributed by atoms with Crippen molar-refractivity contribution in [2.75, 3.05) is 20.6 Å². The van der Waals surface area contributed by atoms with Crippen LogP contribution in [0.5, 0.6) is 0 Å². The maximum Gasteiger partial charge on any atom is 0.254 e. The molecule has 0 bridgehead atoms. The standard InChI is InChI=1S/C15H19N3O2/c1-10(14(19)16-2)9-18(3)15(20)12-5-4-6-13-11(12)7-8-17-13/h4-8,10,17H,9H2,1-3H3,(H,16,19). The third kappa shape index (κ3) is 2.66. The zero-order chi connectivity index (χ0) is 14.7. The third-order valence-electron chi connectivity index (χ3n) is 3.41. The predicted octanol–water partition coefficient (Wildman–Crippen LogP) is 1.62. The minimum atomic E-state index is -0.237. The molecule has 0 aliphatic carbocycles. The average molecular weight is 273 g/mol. The van der Waals surface area contributed by atoms with Gasteiger partial charge in [0.05, 0.1) is 5.92 Å². The maximum absolute atomic E-state index is 12.5. The van der Waals surface area contributed by atoms with E-state index in [9.17, 15) is 9.59 Å². The molecule has 1 aromatic carbocycles. The second-order valence-corrected chi connectivity index (χ2v) is 4.95. The van der Waals surface area contributed by atoms with E-state index in [1.807, 2.05) is 24.4 Å². The average Bonchev–Trinajstić information content (AvgIpc) is 2.93. The highest BCUT2D eigenvalue weighted by molar-refractivity contribution is 6.06. The third-order valence-corrected chi connectivity index (χ3v) is 3.41. The normalized spacial score (nSPS) is 12.2. The minimum absolute atomic E-state index is 0.0653. The van der Waals surface area contributed by atoms with Gasteiger partial charge in [-0.3, -0.25) is 9.59 Å². The van der Waals surface area contributed by atoms with Crippen LogP contribution in [0.2, 0.25) is 0 Å². The van der Waals surface area contributed by atoms with Gasteiger partial charge in [0.2, 0.25) is 5.91 Å². The number of nitrogens with zero attached hydrogens (tertiary/aromatic N) is 1. The molecule has 2 N–H and O–H groups in total. The topological polar surface area (TPSA) is 65.2 Å². The molecule has 1 heterocycles. The molecule has 106 valence electrons. The van der Waals surface area contributed by atoms with Gasteiger partial charge in [0.1, 0.15) is 0 Å². The van der Waals surface area contributed by atoms with Crippen LogP contribution in [-0.2, 0) is 4.79 Å². The summed E-state index contributed by atoms with van der Waals surface area (Å²) in [6.07, 6.45) is 1.81. The van der Waals surface area contributed by atoms with Gasteiger partial charge < -0.3 is 15.2 Å². The van der Waals surface area contributed by atoms with E-state index in [1.165, 1.54) is 0 Å². The highest BCUT2D eigenvalue weighted by Crippen LogP contribution is 2.19. The van der Waals surface area contributed by atoms with E-state index in [-0.39, 0.29) is 17.7 Å². The molecule has 0 spiro atoms. The Labute approximate surface area is 118 Å². The molecule has 1 unspecified atom stereocenters. The first-order valence-electron chi connectivity index (χ1n) is 6.57. The van der Waals surface area contributed by atoms with Crippen LogP contribution >= 0.6 is 0 Å². The molecule has 0 saturated carbocycles. The lowest BCUT2D eigenvalue weighted by atomic mass is 10.1. The summed E-state index contributed by atoms with van der Waals surface area (Å²) in [5.41, 5.74) is 1.58. The number of aromatic nitrogens is 1. The van der Waals surface area contributed by atoms with Crippen LogP contribution < -0.4 is 5.32 Å². The fourth-order valence-corrected chi connectivity index (χ4v) is 2.30. The van der Waals surface area contributed by atoms with Gasteiger partial charge in [-0.05, 0) is 18.2 Å². The highest BCUT2D eigenvalue weighted by Gasteiger charge is 2.19. The van der Waals surface area contributed by atoms with Crippen molar-refractivity contribution in [2.24, 2.45) is 5.92 Å². The quantitative estimate of drug-likeness (QED) is 0.889. The van der Waals surface area contributed by atoms with Gasteiger partial charge in [0, 0.05) is 43.3 Å². The van der Waals surface area contributed by atoms with Crippen molar-refractivity contribution in [1.82, 2.24) is 15.2 Å². The Kier molecular flexibility index (Phi) is 4.08. The first kappa shape index (κ1) is 14.1. The lowest BCUT2D eigenvalue weighted by Gasteiger charge is -2.21. The smallest absolute Gasteiger partial charge is 0.254 e. The molecule has 5 nitrogen and oxygen atoms in total. The molecule has 1 aromatic heterocycles. The second-order valence-electron chi connectivity index (χ2n) is 4.95. The molecule has 1 atom stereocenters. The van der Waals surface area contributed by atoms with Crippen LogP contribution in [-0.4, -0.2) is 42.3 Å². The van der Waals surface area contributed by atoms with Crippen molar-refractivity contribution in [3.8, 4) is 0 Å². The molecule has 0 aliphatic rings. The molecule has 0 aliphatic heterocycles. The summed E-state index contributed by atoms with van der Waals surface area (Å²) < 4.78 is 0. The monoisotopic (exact) mass is 273 g/mol. The zero-order valence-corrected chi connectivity index (χ0v) is 11.9.